The van der Waals surface area contributed by atoms with E-state index in [2.05, 4.69) is 44.5 Å². The first-order valence-electron chi connectivity index (χ1n) is 8.35. The molecule has 26 heavy (non-hydrogen) atoms. The molecule has 0 aliphatic carbocycles. The van der Waals surface area contributed by atoms with Gasteiger partial charge in [-0.2, -0.15) is 0 Å². The summed E-state index contributed by atoms with van der Waals surface area (Å²) in [5.41, 5.74) is 2.87. The number of thiazole rings is 1. The normalized spacial score (nSPS) is 14.0. The molecule has 0 saturated heterocycles. The summed E-state index contributed by atoms with van der Waals surface area (Å²) in [5, 5.41) is 3.80. The van der Waals surface area contributed by atoms with E-state index < -0.39 is 0 Å². The lowest BCUT2D eigenvalue weighted by molar-refractivity contribution is 0.102. The number of hydrogen-bond donors (Lipinski definition) is 1. The molecule has 3 heterocycles. The Morgan fingerprint density at radius 3 is 2.92 bits per heavy atom. The van der Waals surface area contributed by atoms with Gasteiger partial charge in [0, 0.05) is 42.7 Å². The van der Waals surface area contributed by atoms with E-state index in [0.29, 0.717) is 15.8 Å². The maximum Gasteiger partial charge on any atom is 0.257 e. The second kappa shape index (κ2) is 7.53. The van der Waals surface area contributed by atoms with Crippen molar-refractivity contribution in [2.24, 2.45) is 0 Å². The van der Waals surface area contributed by atoms with Gasteiger partial charge in [-0.05, 0) is 17.7 Å². The molecular weight excluding hydrogens is 368 g/mol. The van der Waals surface area contributed by atoms with Crippen LogP contribution in [0.3, 0.4) is 0 Å². The molecule has 0 spiro atoms. The molecule has 1 aliphatic rings. The lowest BCUT2D eigenvalue weighted by Gasteiger charge is -2.25. The minimum atomic E-state index is -0.221. The summed E-state index contributed by atoms with van der Waals surface area (Å²) < 4.78 is 0. The molecule has 1 aromatic carbocycles. The van der Waals surface area contributed by atoms with Crippen molar-refractivity contribution in [1.82, 2.24) is 14.9 Å². The maximum absolute atomic E-state index is 12.3. The van der Waals surface area contributed by atoms with Crippen LogP contribution in [-0.2, 0) is 19.5 Å². The van der Waals surface area contributed by atoms with Crippen LogP contribution in [0.4, 0.5) is 5.13 Å². The fourth-order valence-electron chi connectivity index (χ4n) is 2.99. The van der Waals surface area contributed by atoms with Crippen LogP contribution in [0.1, 0.15) is 26.5 Å². The number of carbonyl (C=O) groups is 1. The molecule has 0 bridgehead atoms. The number of anilines is 1. The number of hydrogen-bond acceptors (Lipinski definition) is 5. The minimum absolute atomic E-state index is 0.221. The molecule has 0 radical (unpaired) electrons. The highest BCUT2D eigenvalue weighted by Crippen LogP contribution is 2.29. The summed E-state index contributed by atoms with van der Waals surface area (Å²) in [6.07, 6.45) is 2.42. The smallest absolute Gasteiger partial charge is 0.257 e. The Balaban J connectivity index is 1.43. The zero-order chi connectivity index (χ0) is 17.9. The van der Waals surface area contributed by atoms with E-state index in [1.54, 1.807) is 23.5 Å². The number of amides is 1. The van der Waals surface area contributed by atoms with Gasteiger partial charge in [0.25, 0.3) is 5.91 Å². The number of nitrogens with zero attached hydrogens (tertiary/aromatic N) is 3. The number of carbonyl (C=O) groups excluding carboxylic acids is 1. The molecule has 7 heteroatoms. The standard InChI is InChI=1S/C19H17ClN4OS/c20-17-10-14(6-8-21-17)18(25)23-19-22-15-7-9-24(12-16(15)26-19)11-13-4-2-1-3-5-13/h1-6,8,10H,7,9,11-12H2,(H,22,23,25). The fourth-order valence-corrected chi connectivity index (χ4v) is 4.21. The number of fused-ring (bicyclic) bond motifs is 1. The molecule has 4 rings (SSSR count). The Morgan fingerprint density at radius 2 is 2.12 bits per heavy atom. The summed E-state index contributed by atoms with van der Waals surface area (Å²) in [5.74, 6) is -0.221. The van der Waals surface area contributed by atoms with Crippen LogP contribution in [0.25, 0.3) is 0 Å². The monoisotopic (exact) mass is 384 g/mol. The average molecular weight is 385 g/mol. The zero-order valence-electron chi connectivity index (χ0n) is 14.0. The predicted octanol–water partition coefficient (Wildman–Crippen LogP) is 4.00. The van der Waals surface area contributed by atoms with E-state index in [1.807, 2.05) is 6.07 Å². The Labute approximate surface area is 160 Å². The van der Waals surface area contributed by atoms with Crippen LogP contribution in [0.15, 0.2) is 48.7 Å². The summed E-state index contributed by atoms with van der Waals surface area (Å²) in [4.78, 5) is 24.5. The average Bonchev–Trinajstić information content (AvgIpc) is 3.04. The maximum atomic E-state index is 12.3. The molecular formula is C19H17ClN4OS. The Morgan fingerprint density at radius 1 is 1.27 bits per heavy atom. The van der Waals surface area contributed by atoms with Gasteiger partial charge in [-0.3, -0.25) is 15.0 Å². The van der Waals surface area contributed by atoms with Crippen molar-refractivity contribution in [3.05, 3.63) is 75.5 Å². The van der Waals surface area contributed by atoms with Gasteiger partial charge in [-0.25, -0.2) is 9.97 Å². The SMILES string of the molecule is O=C(Nc1nc2c(s1)CN(Cc1ccccc1)CC2)c1ccnc(Cl)c1. The predicted molar refractivity (Wildman–Crippen MR) is 104 cm³/mol. The second-order valence-corrected chi connectivity index (χ2v) is 7.63. The molecule has 2 aromatic heterocycles. The Bertz CT molecular complexity index is 928. The van der Waals surface area contributed by atoms with Gasteiger partial charge in [0.1, 0.15) is 5.15 Å². The van der Waals surface area contributed by atoms with Crippen LogP contribution >= 0.6 is 22.9 Å². The first-order valence-corrected chi connectivity index (χ1v) is 9.54. The third-order valence-corrected chi connectivity index (χ3v) is 5.47. The number of pyridine rings is 1. The van der Waals surface area contributed by atoms with Crippen LogP contribution in [-0.4, -0.2) is 27.3 Å². The van der Waals surface area contributed by atoms with E-state index in [9.17, 15) is 4.79 Å². The number of halogens is 1. The molecule has 0 unspecified atom stereocenters. The van der Waals surface area contributed by atoms with Crippen molar-refractivity contribution in [2.45, 2.75) is 19.5 Å². The highest BCUT2D eigenvalue weighted by Gasteiger charge is 2.21. The quantitative estimate of drug-likeness (QED) is 0.690. The molecule has 0 saturated carbocycles. The number of nitrogens with one attached hydrogen (secondary N) is 1. The largest absolute Gasteiger partial charge is 0.298 e. The molecule has 1 aliphatic heterocycles. The lowest BCUT2D eigenvalue weighted by atomic mass is 10.1. The van der Waals surface area contributed by atoms with Gasteiger partial charge in [-0.1, -0.05) is 41.9 Å². The van der Waals surface area contributed by atoms with Crippen LogP contribution in [0.2, 0.25) is 5.15 Å². The van der Waals surface area contributed by atoms with Gasteiger partial charge >= 0.3 is 0 Å². The first kappa shape index (κ1) is 17.1. The van der Waals surface area contributed by atoms with Crippen molar-refractivity contribution >= 4 is 34.0 Å². The summed E-state index contributed by atoms with van der Waals surface area (Å²) in [6, 6.07) is 13.6. The molecule has 0 fully saturated rings. The van der Waals surface area contributed by atoms with Gasteiger partial charge in [0.2, 0.25) is 0 Å². The minimum Gasteiger partial charge on any atom is -0.298 e. The topological polar surface area (TPSA) is 58.1 Å². The molecule has 1 amide bonds. The van der Waals surface area contributed by atoms with Gasteiger partial charge < -0.3 is 0 Å². The van der Waals surface area contributed by atoms with Crippen molar-refractivity contribution in [3.8, 4) is 0 Å². The summed E-state index contributed by atoms with van der Waals surface area (Å²) >= 11 is 7.39. The molecule has 0 atom stereocenters. The van der Waals surface area contributed by atoms with Gasteiger partial charge in [-0.15, -0.1) is 11.3 Å². The molecule has 3 aromatic rings. The second-order valence-electron chi connectivity index (χ2n) is 6.16. The van der Waals surface area contributed by atoms with E-state index >= 15 is 0 Å². The molecule has 5 nitrogen and oxygen atoms in total. The van der Waals surface area contributed by atoms with Crippen molar-refractivity contribution in [3.63, 3.8) is 0 Å². The number of aromatic nitrogens is 2. The van der Waals surface area contributed by atoms with Gasteiger partial charge in [0.15, 0.2) is 5.13 Å². The van der Waals surface area contributed by atoms with E-state index in [4.69, 9.17) is 11.6 Å². The third-order valence-electron chi connectivity index (χ3n) is 4.27. The first-order chi connectivity index (χ1) is 12.7. The zero-order valence-corrected chi connectivity index (χ0v) is 15.6. The van der Waals surface area contributed by atoms with Crippen molar-refractivity contribution in [1.29, 1.82) is 0 Å². The Kier molecular flexibility index (Phi) is 4.97. The molecule has 132 valence electrons. The van der Waals surface area contributed by atoms with Crippen molar-refractivity contribution in [2.75, 3.05) is 11.9 Å². The number of rotatable bonds is 4. The summed E-state index contributed by atoms with van der Waals surface area (Å²) in [6.45, 7) is 2.76. The van der Waals surface area contributed by atoms with Crippen LogP contribution in [0.5, 0.6) is 0 Å². The van der Waals surface area contributed by atoms with Gasteiger partial charge in [0.05, 0.1) is 5.69 Å². The van der Waals surface area contributed by atoms with E-state index in [0.717, 1.165) is 31.7 Å². The summed E-state index contributed by atoms with van der Waals surface area (Å²) in [7, 11) is 0. The van der Waals surface area contributed by atoms with Crippen LogP contribution < -0.4 is 5.32 Å². The van der Waals surface area contributed by atoms with E-state index in [1.165, 1.54) is 16.6 Å². The van der Waals surface area contributed by atoms with Crippen LogP contribution in [0, 0.1) is 0 Å². The lowest BCUT2D eigenvalue weighted by Crippen LogP contribution is -2.29. The molecule has 1 N–H and O–H groups in total. The number of benzene rings is 1. The highest BCUT2D eigenvalue weighted by molar-refractivity contribution is 7.15. The third kappa shape index (κ3) is 3.93. The van der Waals surface area contributed by atoms with E-state index in [-0.39, 0.29) is 5.91 Å². The highest BCUT2D eigenvalue weighted by atomic mass is 35.5. The van der Waals surface area contributed by atoms with Crippen molar-refractivity contribution < 1.29 is 4.79 Å². The Hall–Kier alpha value is -2.28. The fraction of sp³-hybridized carbons (Fsp3) is 0.211.